The number of aromatic nitrogens is 1. The summed E-state index contributed by atoms with van der Waals surface area (Å²) in [7, 11) is 0. The van der Waals surface area contributed by atoms with Crippen molar-refractivity contribution in [2.24, 2.45) is 0 Å². The van der Waals surface area contributed by atoms with E-state index in [0.29, 0.717) is 5.69 Å². The molecule has 1 aromatic heterocycles. The van der Waals surface area contributed by atoms with Gasteiger partial charge >= 0.3 is 0 Å². The number of nitrogens with one attached hydrogen (secondary N) is 2. The number of rotatable bonds is 4. The molecule has 4 nitrogen and oxygen atoms in total. The normalized spacial score (nSPS) is 15.0. The van der Waals surface area contributed by atoms with Gasteiger partial charge in [0.05, 0.1) is 0 Å². The number of benzene rings is 3. The summed E-state index contributed by atoms with van der Waals surface area (Å²) in [6.45, 7) is 3.01. The van der Waals surface area contributed by atoms with Gasteiger partial charge in [-0.2, -0.15) is 0 Å². The van der Waals surface area contributed by atoms with E-state index in [1.54, 1.807) is 0 Å². The number of hydrogen-bond acceptors (Lipinski definition) is 2. The van der Waals surface area contributed by atoms with Gasteiger partial charge < -0.3 is 10.3 Å². The van der Waals surface area contributed by atoms with Gasteiger partial charge in [0, 0.05) is 28.7 Å². The van der Waals surface area contributed by atoms with E-state index in [1.807, 2.05) is 48.5 Å². The summed E-state index contributed by atoms with van der Waals surface area (Å²) in [6.07, 6.45) is 3.78. The number of piperidine rings is 1. The average Bonchev–Trinajstić information content (AvgIpc) is 3.13. The smallest absolute Gasteiger partial charge is 0.272 e. The SMILES string of the molecule is O=C(Nc1ccc2ccccc2c1)c1[nH]c2ccccc2c1CN1CCCCC1. The van der Waals surface area contributed by atoms with E-state index in [9.17, 15) is 4.79 Å². The summed E-state index contributed by atoms with van der Waals surface area (Å²) < 4.78 is 0. The highest BCUT2D eigenvalue weighted by Crippen LogP contribution is 2.26. The van der Waals surface area contributed by atoms with Crippen molar-refractivity contribution in [1.29, 1.82) is 0 Å². The van der Waals surface area contributed by atoms with Crippen LogP contribution in [0.1, 0.15) is 35.3 Å². The van der Waals surface area contributed by atoms with Gasteiger partial charge in [0.15, 0.2) is 0 Å². The molecule has 29 heavy (non-hydrogen) atoms. The Kier molecular flexibility index (Phi) is 4.78. The lowest BCUT2D eigenvalue weighted by molar-refractivity contribution is 0.102. The largest absolute Gasteiger partial charge is 0.350 e. The molecule has 1 fully saturated rings. The predicted molar refractivity (Wildman–Crippen MR) is 119 cm³/mol. The number of nitrogens with zero attached hydrogens (tertiary/aromatic N) is 1. The maximum atomic E-state index is 13.2. The topological polar surface area (TPSA) is 48.1 Å². The molecule has 2 heterocycles. The van der Waals surface area contributed by atoms with Gasteiger partial charge in [0.2, 0.25) is 0 Å². The lowest BCUT2D eigenvalue weighted by Gasteiger charge is -2.26. The Morgan fingerprint density at radius 3 is 2.52 bits per heavy atom. The third-order valence-corrected chi connectivity index (χ3v) is 5.88. The van der Waals surface area contributed by atoms with Crippen molar-refractivity contribution in [3.63, 3.8) is 0 Å². The minimum atomic E-state index is -0.0801. The highest BCUT2D eigenvalue weighted by atomic mass is 16.1. The van der Waals surface area contributed by atoms with Gasteiger partial charge in [0.1, 0.15) is 5.69 Å². The van der Waals surface area contributed by atoms with E-state index in [4.69, 9.17) is 0 Å². The van der Waals surface area contributed by atoms with Crippen LogP contribution in [0.15, 0.2) is 66.7 Å². The van der Waals surface area contributed by atoms with Crippen LogP contribution in [0.4, 0.5) is 5.69 Å². The highest BCUT2D eigenvalue weighted by Gasteiger charge is 2.21. The molecule has 0 atom stereocenters. The number of carbonyl (C=O) groups excluding carboxylic acids is 1. The molecule has 4 heteroatoms. The summed E-state index contributed by atoms with van der Waals surface area (Å²) in [6, 6.07) is 22.4. The van der Waals surface area contributed by atoms with Crippen molar-refractivity contribution in [1.82, 2.24) is 9.88 Å². The van der Waals surface area contributed by atoms with Crippen LogP contribution in [0.2, 0.25) is 0 Å². The molecule has 0 radical (unpaired) electrons. The minimum absolute atomic E-state index is 0.0801. The van der Waals surface area contributed by atoms with Crippen molar-refractivity contribution < 1.29 is 4.79 Å². The second-order valence-electron chi connectivity index (χ2n) is 7.88. The zero-order valence-corrected chi connectivity index (χ0v) is 16.4. The minimum Gasteiger partial charge on any atom is -0.350 e. The molecular weight excluding hydrogens is 358 g/mol. The summed E-state index contributed by atoms with van der Waals surface area (Å²) in [5.74, 6) is -0.0801. The Labute approximate surface area is 170 Å². The van der Waals surface area contributed by atoms with Crippen molar-refractivity contribution >= 4 is 33.3 Å². The number of carbonyl (C=O) groups is 1. The van der Waals surface area contributed by atoms with Crippen LogP contribution in [0, 0.1) is 0 Å². The second kappa shape index (κ2) is 7.72. The fourth-order valence-electron chi connectivity index (χ4n) is 4.36. The number of hydrogen-bond donors (Lipinski definition) is 2. The standard InChI is InChI=1S/C25H25N3O/c29-25(26-20-13-12-18-8-2-3-9-19(18)16-20)24-22(17-28-14-6-1-7-15-28)21-10-4-5-11-23(21)27-24/h2-5,8-13,16,27H,1,6-7,14-15,17H2,(H,26,29). The summed E-state index contributed by atoms with van der Waals surface area (Å²) in [5, 5.41) is 6.53. The Bertz CT molecular complexity index is 1170. The molecule has 0 bridgehead atoms. The molecule has 2 N–H and O–H groups in total. The second-order valence-corrected chi connectivity index (χ2v) is 7.88. The molecule has 146 valence electrons. The van der Waals surface area contributed by atoms with Crippen molar-refractivity contribution in [2.45, 2.75) is 25.8 Å². The lowest BCUT2D eigenvalue weighted by atomic mass is 10.1. The highest BCUT2D eigenvalue weighted by molar-refractivity contribution is 6.08. The van der Waals surface area contributed by atoms with Crippen LogP contribution in [-0.4, -0.2) is 28.9 Å². The molecule has 5 rings (SSSR count). The van der Waals surface area contributed by atoms with Crippen LogP contribution in [0.5, 0.6) is 0 Å². The third-order valence-electron chi connectivity index (χ3n) is 5.88. The fraction of sp³-hybridized carbons (Fsp3) is 0.240. The lowest BCUT2D eigenvalue weighted by Crippen LogP contribution is -2.30. The number of H-pyrrole nitrogens is 1. The first-order chi connectivity index (χ1) is 14.3. The predicted octanol–water partition coefficient (Wildman–Crippen LogP) is 5.56. The summed E-state index contributed by atoms with van der Waals surface area (Å²) in [4.78, 5) is 19.1. The number of likely N-dealkylation sites (tertiary alicyclic amines) is 1. The molecule has 0 spiro atoms. The Morgan fingerprint density at radius 1 is 0.897 bits per heavy atom. The van der Waals surface area contributed by atoms with E-state index >= 15 is 0 Å². The number of aromatic amines is 1. The molecule has 0 unspecified atom stereocenters. The molecule has 4 aromatic rings. The van der Waals surface area contributed by atoms with E-state index < -0.39 is 0 Å². The first kappa shape index (κ1) is 18.0. The zero-order chi connectivity index (χ0) is 19.6. The fourth-order valence-corrected chi connectivity index (χ4v) is 4.36. The van der Waals surface area contributed by atoms with Crippen LogP contribution >= 0.6 is 0 Å². The molecule has 3 aromatic carbocycles. The molecule has 1 aliphatic rings. The van der Waals surface area contributed by atoms with Crippen molar-refractivity contribution in [2.75, 3.05) is 18.4 Å². The van der Waals surface area contributed by atoms with E-state index in [2.05, 4.69) is 33.4 Å². The maximum absolute atomic E-state index is 13.2. The molecule has 1 saturated heterocycles. The number of amides is 1. The van der Waals surface area contributed by atoms with Crippen molar-refractivity contribution in [3.8, 4) is 0 Å². The number of para-hydroxylation sites is 1. The number of fused-ring (bicyclic) bond motifs is 2. The molecule has 1 amide bonds. The first-order valence-electron chi connectivity index (χ1n) is 10.4. The quantitative estimate of drug-likeness (QED) is 0.485. The molecule has 0 aliphatic carbocycles. The summed E-state index contributed by atoms with van der Waals surface area (Å²) in [5.41, 5.74) is 3.60. The molecule has 1 aliphatic heterocycles. The molecular formula is C25H25N3O. The average molecular weight is 383 g/mol. The Hall–Kier alpha value is -3.11. The van der Waals surface area contributed by atoms with Gasteiger partial charge in [-0.15, -0.1) is 0 Å². The van der Waals surface area contributed by atoms with Gasteiger partial charge in [-0.25, -0.2) is 0 Å². The first-order valence-corrected chi connectivity index (χ1v) is 10.4. The van der Waals surface area contributed by atoms with Crippen LogP contribution in [0.3, 0.4) is 0 Å². The van der Waals surface area contributed by atoms with Crippen LogP contribution in [0.25, 0.3) is 21.7 Å². The molecule has 0 saturated carbocycles. The van der Waals surface area contributed by atoms with E-state index in [-0.39, 0.29) is 5.91 Å². The van der Waals surface area contributed by atoms with Gasteiger partial charge in [-0.05, 0) is 54.9 Å². The number of anilines is 1. The summed E-state index contributed by atoms with van der Waals surface area (Å²) >= 11 is 0. The Morgan fingerprint density at radius 2 is 1.66 bits per heavy atom. The van der Waals surface area contributed by atoms with Gasteiger partial charge in [-0.1, -0.05) is 55.0 Å². The third kappa shape index (κ3) is 3.64. The van der Waals surface area contributed by atoms with Crippen molar-refractivity contribution in [3.05, 3.63) is 78.0 Å². The van der Waals surface area contributed by atoms with Gasteiger partial charge in [0.25, 0.3) is 5.91 Å². The van der Waals surface area contributed by atoms with Crippen LogP contribution in [-0.2, 0) is 6.54 Å². The van der Waals surface area contributed by atoms with E-state index in [0.717, 1.165) is 47.2 Å². The van der Waals surface area contributed by atoms with Gasteiger partial charge in [-0.3, -0.25) is 9.69 Å². The zero-order valence-electron chi connectivity index (χ0n) is 16.4. The van der Waals surface area contributed by atoms with E-state index in [1.165, 1.54) is 24.6 Å². The Balaban J connectivity index is 1.47. The monoisotopic (exact) mass is 383 g/mol. The maximum Gasteiger partial charge on any atom is 0.272 e. The van der Waals surface area contributed by atoms with Crippen LogP contribution < -0.4 is 5.32 Å².